The van der Waals surface area contributed by atoms with Crippen LogP contribution in [0.5, 0.6) is 0 Å². The van der Waals surface area contributed by atoms with Crippen molar-refractivity contribution in [2.75, 3.05) is 5.32 Å². The number of halogens is 1. The SMILES string of the molecule is C=CC(=O)Nc1ccc(CSc2ccc(F)cc2)cc1. The molecule has 0 saturated heterocycles. The van der Waals surface area contributed by atoms with E-state index < -0.39 is 0 Å². The van der Waals surface area contributed by atoms with Crippen LogP contribution in [0.2, 0.25) is 0 Å². The largest absolute Gasteiger partial charge is 0.323 e. The Morgan fingerprint density at radius 1 is 1.15 bits per heavy atom. The minimum Gasteiger partial charge on any atom is -0.323 e. The summed E-state index contributed by atoms with van der Waals surface area (Å²) in [6.45, 7) is 3.40. The van der Waals surface area contributed by atoms with Gasteiger partial charge in [-0.3, -0.25) is 4.79 Å². The monoisotopic (exact) mass is 287 g/mol. The lowest BCUT2D eigenvalue weighted by atomic mass is 10.2. The molecule has 0 unspecified atom stereocenters. The van der Waals surface area contributed by atoms with Crippen LogP contribution >= 0.6 is 11.8 Å². The molecule has 0 aliphatic rings. The van der Waals surface area contributed by atoms with E-state index in [0.29, 0.717) is 0 Å². The number of hydrogen-bond acceptors (Lipinski definition) is 2. The summed E-state index contributed by atoms with van der Waals surface area (Å²) in [6, 6.07) is 14.0. The van der Waals surface area contributed by atoms with Crippen molar-refractivity contribution in [3.63, 3.8) is 0 Å². The fourth-order valence-electron chi connectivity index (χ4n) is 1.58. The zero-order chi connectivity index (χ0) is 14.4. The molecule has 0 fully saturated rings. The summed E-state index contributed by atoms with van der Waals surface area (Å²) >= 11 is 1.64. The fraction of sp³-hybridized carbons (Fsp3) is 0.0625. The Morgan fingerprint density at radius 3 is 2.40 bits per heavy atom. The van der Waals surface area contributed by atoms with Crippen molar-refractivity contribution in [2.24, 2.45) is 0 Å². The number of hydrogen-bond donors (Lipinski definition) is 1. The lowest BCUT2D eigenvalue weighted by molar-refractivity contribution is -0.111. The van der Waals surface area contributed by atoms with Crippen LogP contribution < -0.4 is 5.32 Å². The number of nitrogens with one attached hydrogen (secondary N) is 1. The van der Waals surface area contributed by atoms with Crippen molar-refractivity contribution in [1.29, 1.82) is 0 Å². The molecule has 2 aromatic rings. The molecule has 0 aromatic heterocycles. The van der Waals surface area contributed by atoms with Crippen molar-refractivity contribution in [1.82, 2.24) is 0 Å². The first kappa shape index (κ1) is 14.3. The van der Waals surface area contributed by atoms with Crippen LogP contribution in [0, 0.1) is 5.82 Å². The predicted molar refractivity (Wildman–Crippen MR) is 81.2 cm³/mol. The Kier molecular flexibility index (Phi) is 4.96. The van der Waals surface area contributed by atoms with Crippen LogP contribution in [0.15, 0.2) is 66.1 Å². The zero-order valence-corrected chi connectivity index (χ0v) is 11.6. The van der Waals surface area contributed by atoms with Gasteiger partial charge in [0.2, 0.25) is 5.91 Å². The van der Waals surface area contributed by atoms with Gasteiger partial charge >= 0.3 is 0 Å². The molecule has 0 bridgehead atoms. The van der Waals surface area contributed by atoms with Crippen molar-refractivity contribution >= 4 is 23.4 Å². The highest BCUT2D eigenvalue weighted by atomic mass is 32.2. The number of rotatable bonds is 5. The molecule has 0 radical (unpaired) electrons. The Balaban J connectivity index is 1.92. The summed E-state index contributed by atoms with van der Waals surface area (Å²) in [4.78, 5) is 12.2. The van der Waals surface area contributed by atoms with Crippen LogP contribution in [-0.4, -0.2) is 5.91 Å². The van der Waals surface area contributed by atoms with E-state index in [-0.39, 0.29) is 11.7 Å². The fourth-order valence-corrected chi connectivity index (χ4v) is 2.43. The predicted octanol–water partition coefficient (Wildman–Crippen LogP) is 4.24. The van der Waals surface area contributed by atoms with Crippen molar-refractivity contribution in [3.8, 4) is 0 Å². The summed E-state index contributed by atoms with van der Waals surface area (Å²) < 4.78 is 12.8. The van der Waals surface area contributed by atoms with Gasteiger partial charge in [-0.15, -0.1) is 11.8 Å². The Labute approximate surface area is 121 Å². The van der Waals surface area contributed by atoms with Crippen molar-refractivity contribution < 1.29 is 9.18 Å². The van der Waals surface area contributed by atoms with Gasteiger partial charge in [0.25, 0.3) is 0 Å². The molecule has 4 heteroatoms. The van der Waals surface area contributed by atoms with E-state index >= 15 is 0 Å². The quantitative estimate of drug-likeness (QED) is 0.658. The highest BCUT2D eigenvalue weighted by Crippen LogP contribution is 2.23. The smallest absolute Gasteiger partial charge is 0.247 e. The minimum absolute atomic E-state index is 0.224. The molecule has 1 amide bonds. The van der Waals surface area contributed by atoms with Gasteiger partial charge in [0.15, 0.2) is 0 Å². The minimum atomic E-state index is -0.225. The Hall–Kier alpha value is -2.07. The van der Waals surface area contributed by atoms with Crippen LogP contribution in [0.3, 0.4) is 0 Å². The van der Waals surface area contributed by atoms with E-state index in [2.05, 4.69) is 11.9 Å². The van der Waals surface area contributed by atoms with Gasteiger partial charge in [0.05, 0.1) is 0 Å². The molecule has 20 heavy (non-hydrogen) atoms. The number of carbonyl (C=O) groups excluding carboxylic acids is 1. The molecular formula is C16H14FNOS. The van der Waals surface area contributed by atoms with Crippen LogP contribution in [0.1, 0.15) is 5.56 Å². The van der Waals surface area contributed by atoms with Gasteiger partial charge in [-0.1, -0.05) is 18.7 Å². The van der Waals surface area contributed by atoms with Gasteiger partial charge in [0.1, 0.15) is 5.82 Å². The van der Waals surface area contributed by atoms with Crippen molar-refractivity contribution in [2.45, 2.75) is 10.6 Å². The summed E-state index contributed by atoms with van der Waals surface area (Å²) in [5.41, 5.74) is 1.88. The molecule has 0 atom stereocenters. The third-order valence-electron chi connectivity index (χ3n) is 2.63. The molecule has 1 N–H and O–H groups in total. The number of amides is 1. The highest BCUT2D eigenvalue weighted by molar-refractivity contribution is 7.98. The molecule has 102 valence electrons. The molecular weight excluding hydrogens is 273 g/mol. The number of carbonyl (C=O) groups is 1. The van der Waals surface area contributed by atoms with E-state index in [1.807, 2.05) is 24.3 Å². The molecule has 0 aliphatic carbocycles. The second-order valence-electron chi connectivity index (χ2n) is 4.13. The second-order valence-corrected chi connectivity index (χ2v) is 5.18. The lowest BCUT2D eigenvalue weighted by Crippen LogP contribution is -2.06. The normalized spacial score (nSPS) is 10.1. The van der Waals surface area contributed by atoms with Crippen LogP contribution in [-0.2, 0) is 10.5 Å². The molecule has 0 aliphatic heterocycles. The van der Waals surface area contributed by atoms with E-state index in [1.165, 1.54) is 18.2 Å². The van der Waals surface area contributed by atoms with Gasteiger partial charge in [0, 0.05) is 16.3 Å². The zero-order valence-electron chi connectivity index (χ0n) is 10.8. The van der Waals surface area contributed by atoms with E-state index in [0.717, 1.165) is 21.9 Å². The molecule has 0 saturated carbocycles. The van der Waals surface area contributed by atoms with Crippen LogP contribution in [0.4, 0.5) is 10.1 Å². The highest BCUT2D eigenvalue weighted by Gasteiger charge is 1.99. The maximum Gasteiger partial charge on any atom is 0.247 e. The van der Waals surface area contributed by atoms with E-state index in [9.17, 15) is 9.18 Å². The Morgan fingerprint density at radius 2 is 1.80 bits per heavy atom. The first-order valence-electron chi connectivity index (χ1n) is 6.08. The van der Waals surface area contributed by atoms with E-state index in [4.69, 9.17) is 0 Å². The molecule has 0 heterocycles. The third kappa shape index (κ3) is 4.24. The summed E-state index contributed by atoms with van der Waals surface area (Å²) in [7, 11) is 0. The summed E-state index contributed by atoms with van der Waals surface area (Å²) in [6.07, 6.45) is 1.23. The summed E-state index contributed by atoms with van der Waals surface area (Å²) in [5.74, 6) is 0.344. The molecule has 2 aromatic carbocycles. The first-order chi connectivity index (χ1) is 9.67. The Bertz CT molecular complexity index is 593. The van der Waals surface area contributed by atoms with Gasteiger partial charge in [-0.25, -0.2) is 4.39 Å². The van der Waals surface area contributed by atoms with Gasteiger partial charge < -0.3 is 5.32 Å². The number of benzene rings is 2. The molecule has 2 nitrogen and oxygen atoms in total. The number of anilines is 1. The summed E-state index contributed by atoms with van der Waals surface area (Å²) in [5, 5.41) is 2.69. The number of thioether (sulfide) groups is 1. The average Bonchev–Trinajstić information content (AvgIpc) is 2.48. The van der Waals surface area contributed by atoms with Crippen molar-refractivity contribution in [3.05, 3.63) is 72.6 Å². The average molecular weight is 287 g/mol. The topological polar surface area (TPSA) is 29.1 Å². The molecule has 2 rings (SSSR count). The van der Waals surface area contributed by atoms with Gasteiger partial charge in [-0.2, -0.15) is 0 Å². The molecule has 0 spiro atoms. The second kappa shape index (κ2) is 6.91. The maximum absolute atomic E-state index is 12.8. The maximum atomic E-state index is 12.8. The van der Waals surface area contributed by atoms with Gasteiger partial charge in [-0.05, 0) is 48.0 Å². The van der Waals surface area contributed by atoms with E-state index in [1.54, 1.807) is 23.9 Å². The van der Waals surface area contributed by atoms with Crippen LogP contribution in [0.25, 0.3) is 0 Å². The first-order valence-corrected chi connectivity index (χ1v) is 7.06. The third-order valence-corrected chi connectivity index (χ3v) is 3.71. The lowest BCUT2D eigenvalue weighted by Gasteiger charge is -2.05. The standard InChI is InChI=1S/C16H14FNOS/c1-2-16(19)18-14-7-3-12(4-8-14)11-20-15-9-5-13(17)6-10-15/h2-10H,1,11H2,(H,18,19).